The maximum atomic E-state index is 5.04. The summed E-state index contributed by atoms with van der Waals surface area (Å²) in [5.74, 6) is 1.96. The fourth-order valence-electron chi connectivity index (χ4n) is 7.66. The van der Waals surface area contributed by atoms with Gasteiger partial charge in [0.25, 0.3) is 0 Å². The number of hydrogen-bond acceptors (Lipinski definition) is 3. The van der Waals surface area contributed by atoms with Crippen LogP contribution in [0.4, 0.5) is 5.69 Å². The average Bonchev–Trinajstić information content (AvgIpc) is 3.06. The molecule has 0 aromatic heterocycles. The van der Waals surface area contributed by atoms with Gasteiger partial charge in [-0.2, -0.15) is 12.6 Å². The van der Waals surface area contributed by atoms with Gasteiger partial charge in [0.1, 0.15) is 0 Å². The lowest BCUT2D eigenvalue weighted by Gasteiger charge is -2.35. The fraction of sp³-hybridized carbons (Fsp3) is 0.550. The molecule has 4 atom stereocenters. The minimum atomic E-state index is 0.396. The van der Waals surface area contributed by atoms with E-state index in [1.165, 1.54) is 93.0 Å². The van der Waals surface area contributed by atoms with Crippen molar-refractivity contribution in [2.45, 2.75) is 121 Å². The SMILES string of the molecule is CCCC1C(=C/Nc2ccc(C3C=CC(C4=CC=CCC4)CC3)cc2)/C(C)=C/CCCN1/C=C/CC(S)C1CCCCC1. The maximum Gasteiger partial charge on any atom is 0.0553 e. The van der Waals surface area contributed by atoms with Crippen LogP contribution in [0, 0.1) is 11.8 Å². The Hall–Kier alpha value is -2.39. The number of nitrogens with zero attached hydrogens (tertiary/aromatic N) is 1. The van der Waals surface area contributed by atoms with Gasteiger partial charge in [-0.15, -0.1) is 0 Å². The Morgan fingerprint density at radius 1 is 0.977 bits per heavy atom. The highest BCUT2D eigenvalue weighted by atomic mass is 32.1. The largest absolute Gasteiger partial charge is 0.371 e. The van der Waals surface area contributed by atoms with Crippen molar-refractivity contribution in [3.05, 3.63) is 101 Å². The van der Waals surface area contributed by atoms with Crippen molar-refractivity contribution in [2.24, 2.45) is 11.8 Å². The van der Waals surface area contributed by atoms with Gasteiger partial charge < -0.3 is 10.2 Å². The van der Waals surface area contributed by atoms with Gasteiger partial charge in [0, 0.05) is 29.6 Å². The van der Waals surface area contributed by atoms with E-state index < -0.39 is 0 Å². The number of nitrogens with one attached hydrogen (secondary N) is 1. The second kappa shape index (κ2) is 16.6. The molecule has 3 aliphatic carbocycles. The maximum absolute atomic E-state index is 5.04. The van der Waals surface area contributed by atoms with Crippen molar-refractivity contribution >= 4 is 18.3 Å². The molecule has 0 spiro atoms. The number of thiol groups is 1. The van der Waals surface area contributed by atoms with Crippen molar-refractivity contribution in [1.82, 2.24) is 4.90 Å². The molecule has 0 radical (unpaired) electrons. The molecule has 1 fully saturated rings. The number of anilines is 1. The van der Waals surface area contributed by atoms with E-state index in [0.29, 0.717) is 23.1 Å². The van der Waals surface area contributed by atoms with Crippen LogP contribution in [0.5, 0.6) is 0 Å². The van der Waals surface area contributed by atoms with Gasteiger partial charge in [-0.1, -0.05) is 92.8 Å². The van der Waals surface area contributed by atoms with Crippen LogP contribution in [0.15, 0.2) is 95.9 Å². The summed E-state index contributed by atoms with van der Waals surface area (Å²) in [5.41, 5.74) is 7.07. The number of rotatable bonds is 10. The van der Waals surface area contributed by atoms with Crippen LogP contribution in [0.3, 0.4) is 0 Å². The quantitative estimate of drug-likeness (QED) is 0.206. The van der Waals surface area contributed by atoms with Crippen LogP contribution >= 0.6 is 12.6 Å². The van der Waals surface area contributed by atoms with E-state index in [-0.39, 0.29) is 0 Å². The zero-order valence-corrected chi connectivity index (χ0v) is 27.8. The Morgan fingerprint density at radius 3 is 2.49 bits per heavy atom. The van der Waals surface area contributed by atoms with Gasteiger partial charge in [-0.05, 0) is 118 Å². The molecular formula is C40H56N2S. The summed E-state index contributed by atoms with van der Waals surface area (Å²) >= 11 is 5.04. The standard InChI is InChI=1S/C40H56N2S/c1-3-13-39-38(31(2)14-10-11-28-42(39)29-12-19-40(43)36-17-8-5-9-18-36)30-41-37-26-24-35(25-27-37)34-22-20-33(21-23-34)32-15-6-4-7-16-32/h4,6,12,14-15,20,22,24-27,29-30,33-34,36,39-41,43H,3,5,7-11,13,16-19,21,23,28H2,1-2H3/b29-12+,31-14+,38-30+. The summed E-state index contributed by atoms with van der Waals surface area (Å²) in [4.78, 5) is 2.63. The molecule has 4 unspecified atom stereocenters. The molecule has 1 saturated carbocycles. The minimum absolute atomic E-state index is 0.396. The number of hydrogen-bond donors (Lipinski definition) is 2. The van der Waals surface area contributed by atoms with E-state index in [4.69, 9.17) is 12.6 Å². The summed E-state index contributed by atoms with van der Waals surface area (Å²) in [5, 5.41) is 4.20. The first-order chi connectivity index (χ1) is 21.1. The number of allylic oxidation sites excluding steroid dienone is 8. The molecule has 2 nitrogen and oxygen atoms in total. The lowest BCUT2D eigenvalue weighted by molar-refractivity contribution is 0.286. The van der Waals surface area contributed by atoms with Gasteiger partial charge in [-0.3, -0.25) is 0 Å². The molecular weight excluding hydrogens is 541 g/mol. The summed E-state index contributed by atoms with van der Waals surface area (Å²) < 4.78 is 0. The van der Waals surface area contributed by atoms with Crippen LogP contribution in [0.2, 0.25) is 0 Å². The normalized spacial score (nSPS) is 28.3. The van der Waals surface area contributed by atoms with Crippen molar-refractivity contribution < 1.29 is 0 Å². The average molecular weight is 597 g/mol. The molecule has 1 aliphatic heterocycles. The molecule has 1 heterocycles. The third-order valence-electron chi connectivity index (χ3n) is 10.3. The Morgan fingerprint density at radius 2 is 1.77 bits per heavy atom. The topological polar surface area (TPSA) is 15.3 Å². The van der Waals surface area contributed by atoms with Crippen molar-refractivity contribution in [3.8, 4) is 0 Å². The van der Waals surface area contributed by atoms with Crippen LogP contribution in [0.1, 0.15) is 115 Å². The van der Waals surface area contributed by atoms with Gasteiger partial charge in [0.15, 0.2) is 0 Å². The molecule has 1 N–H and O–H groups in total. The van der Waals surface area contributed by atoms with E-state index in [0.717, 1.165) is 31.7 Å². The smallest absolute Gasteiger partial charge is 0.0553 e. The Balaban J connectivity index is 1.23. The van der Waals surface area contributed by atoms with E-state index in [1.807, 2.05) is 0 Å². The molecule has 0 saturated heterocycles. The zero-order chi connectivity index (χ0) is 29.9. The third kappa shape index (κ3) is 9.07. The predicted octanol–water partition coefficient (Wildman–Crippen LogP) is 11.3. The molecule has 3 heteroatoms. The van der Waals surface area contributed by atoms with E-state index in [1.54, 1.807) is 5.57 Å². The molecule has 232 valence electrons. The van der Waals surface area contributed by atoms with Crippen molar-refractivity contribution in [3.63, 3.8) is 0 Å². The van der Waals surface area contributed by atoms with Gasteiger partial charge in [0.05, 0.1) is 6.04 Å². The van der Waals surface area contributed by atoms with Crippen molar-refractivity contribution in [1.29, 1.82) is 0 Å². The van der Waals surface area contributed by atoms with Gasteiger partial charge in [0.2, 0.25) is 0 Å². The van der Waals surface area contributed by atoms with E-state index >= 15 is 0 Å². The summed E-state index contributed by atoms with van der Waals surface area (Å²) in [6.45, 7) is 5.74. The van der Waals surface area contributed by atoms with Crippen LogP contribution < -0.4 is 5.32 Å². The third-order valence-corrected chi connectivity index (χ3v) is 11.0. The highest BCUT2D eigenvalue weighted by molar-refractivity contribution is 7.81. The highest BCUT2D eigenvalue weighted by Gasteiger charge is 2.24. The van der Waals surface area contributed by atoms with Crippen LogP contribution in [0.25, 0.3) is 0 Å². The highest BCUT2D eigenvalue weighted by Crippen LogP contribution is 2.36. The monoisotopic (exact) mass is 596 g/mol. The fourth-order valence-corrected chi connectivity index (χ4v) is 8.08. The van der Waals surface area contributed by atoms with E-state index in [2.05, 4.69) is 103 Å². The lowest BCUT2D eigenvalue weighted by atomic mass is 9.79. The second-order valence-electron chi connectivity index (χ2n) is 13.4. The van der Waals surface area contributed by atoms with Gasteiger partial charge >= 0.3 is 0 Å². The molecule has 5 rings (SSSR count). The molecule has 1 aromatic rings. The van der Waals surface area contributed by atoms with E-state index in [9.17, 15) is 0 Å². The summed E-state index contributed by atoms with van der Waals surface area (Å²) in [7, 11) is 0. The Bertz CT molecular complexity index is 1190. The predicted molar refractivity (Wildman–Crippen MR) is 191 cm³/mol. The first-order valence-corrected chi connectivity index (χ1v) is 18.0. The molecule has 0 bridgehead atoms. The first-order valence-electron chi connectivity index (χ1n) is 17.5. The summed E-state index contributed by atoms with van der Waals surface area (Å²) in [6, 6.07) is 9.60. The van der Waals surface area contributed by atoms with Gasteiger partial charge in [-0.25, -0.2) is 0 Å². The Labute approximate surface area is 268 Å². The first kappa shape index (κ1) is 32.0. The van der Waals surface area contributed by atoms with Crippen LogP contribution in [-0.2, 0) is 0 Å². The van der Waals surface area contributed by atoms with Crippen molar-refractivity contribution in [2.75, 3.05) is 11.9 Å². The minimum Gasteiger partial charge on any atom is -0.371 e. The molecule has 0 amide bonds. The zero-order valence-electron chi connectivity index (χ0n) is 26.9. The molecule has 1 aromatic carbocycles. The van der Waals surface area contributed by atoms with Crippen LogP contribution in [-0.4, -0.2) is 22.7 Å². The molecule has 43 heavy (non-hydrogen) atoms. The lowest BCUT2D eigenvalue weighted by Crippen LogP contribution is -2.35. The molecule has 4 aliphatic rings. The number of benzene rings is 1. The second-order valence-corrected chi connectivity index (χ2v) is 14.1. The summed E-state index contributed by atoms with van der Waals surface area (Å²) in [6.07, 6.45) is 39.0. The Kier molecular flexibility index (Phi) is 12.4.